The number of benzene rings is 10. The zero-order chi connectivity index (χ0) is 39.4. The van der Waals surface area contributed by atoms with Gasteiger partial charge in [-0.05, 0) is 138 Å². The molecule has 1 nitrogen and oxygen atoms in total. The SMILES string of the molecule is c1ccc(-c2cc(-c3ccccc3)c(-c3ccc(N(c4ccccc4)c4ccc(-c5cc(-c6ccccc6)cc6ccccc56)cc4)cc3)c(-c3ccccc3)c2)cc1. The molecule has 0 aliphatic rings. The van der Waals surface area contributed by atoms with Crippen LogP contribution in [-0.4, -0.2) is 0 Å². The van der Waals surface area contributed by atoms with Crippen molar-refractivity contribution in [3.8, 4) is 66.8 Å². The molecule has 1 heteroatoms. The lowest BCUT2D eigenvalue weighted by Gasteiger charge is -2.26. The highest BCUT2D eigenvalue weighted by atomic mass is 15.1. The standard InChI is InChI=1S/C58H41N/c1-6-18-42(19-7-1)49-38-48-26-16-17-29-54(48)55(39-49)46-30-34-52(35-31-46)59(51-27-14-5-15-28-51)53-36-32-47(33-37-53)58-56(44-22-10-3-11-23-44)40-50(43-20-8-2-9-21-43)41-57(58)45-24-12-4-13-25-45/h1-41H. The van der Waals surface area contributed by atoms with E-state index in [0.717, 1.165) is 17.1 Å². The van der Waals surface area contributed by atoms with Gasteiger partial charge in [0.25, 0.3) is 0 Å². The fourth-order valence-corrected chi connectivity index (χ4v) is 8.38. The monoisotopic (exact) mass is 751 g/mol. The average Bonchev–Trinajstić information content (AvgIpc) is 3.33. The summed E-state index contributed by atoms with van der Waals surface area (Å²) < 4.78 is 0. The van der Waals surface area contributed by atoms with E-state index in [4.69, 9.17) is 0 Å². The van der Waals surface area contributed by atoms with Crippen LogP contribution in [0.1, 0.15) is 0 Å². The van der Waals surface area contributed by atoms with E-state index in [1.807, 2.05) is 0 Å². The molecule has 0 spiro atoms. The van der Waals surface area contributed by atoms with E-state index < -0.39 is 0 Å². The molecule has 0 amide bonds. The van der Waals surface area contributed by atoms with Crippen molar-refractivity contribution in [3.63, 3.8) is 0 Å². The first-order valence-electron chi connectivity index (χ1n) is 20.3. The summed E-state index contributed by atoms with van der Waals surface area (Å²) >= 11 is 0. The smallest absolute Gasteiger partial charge is 0.0462 e. The van der Waals surface area contributed by atoms with Crippen molar-refractivity contribution in [2.45, 2.75) is 0 Å². The van der Waals surface area contributed by atoms with Crippen LogP contribution in [0, 0.1) is 0 Å². The van der Waals surface area contributed by atoms with E-state index in [9.17, 15) is 0 Å². The highest BCUT2D eigenvalue weighted by Gasteiger charge is 2.19. The van der Waals surface area contributed by atoms with Crippen molar-refractivity contribution in [2.75, 3.05) is 4.90 Å². The maximum absolute atomic E-state index is 2.36. The van der Waals surface area contributed by atoms with Crippen molar-refractivity contribution >= 4 is 27.8 Å². The summed E-state index contributed by atoms with van der Waals surface area (Å²) in [5, 5.41) is 2.48. The minimum Gasteiger partial charge on any atom is -0.311 e. The van der Waals surface area contributed by atoms with E-state index in [0.29, 0.717) is 0 Å². The van der Waals surface area contributed by atoms with Gasteiger partial charge in [-0.15, -0.1) is 0 Å². The molecule has 0 aromatic heterocycles. The number of nitrogens with zero attached hydrogens (tertiary/aromatic N) is 1. The predicted molar refractivity (Wildman–Crippen MR) is 251 cm³/mol. The lowest BCUT2D eigenvalue weighted by Crippen LogP contribution is -2.09. The Labute approximate surface area is 346 Å². The zero-order valence-electron chi connectivity index (χ0n) is 32.6. The van der Waals surface area contributed by atoms with Gasteiger partial charge in [0.1, 0.15) is 0 Å². The second-order valence-electron chi connectivity index (χ2n) is 14.9. The Bertz CT molecular complexity index is 2920. The van der Waals surface area contributed by atoms with E-state index in [-0.39, 0.29) is 0 Å². The molecule has 59 heavy (non-hydrogen) atoms. The molecule has 0 aliphatic heterocycles. The van der Waals surface area contributed by atoms with Crippen LogP contribution in [0.15, 0.2) is 249 Å². The Hall–Kier alpha value is -7.74. The molecule has 0 fully saturated rings. The van der Waals surface area contributed by atoms with Crippen LogP contribution in [0.5, 0.6) is 0 Å². The Morgan fingerprint density at radius 2 is 0.576 bits per heavy atom. The summed E-state index contributed by atoms with van der Waals surface area (Å²) in [6.45, 7) is 0. The lowest BCUT2D eigenvalue weighted by atomic mass is 9.84. The molecule has 278 valence electrons. The molecule has 10 aromatic carbocycles. The molecule has 0 N–H and O–H groups in total. The van der Waals surface area contributed by atoms with Gasteiger partial charge < -0.3 is 4.90 Å². The third-order valence-corrected chi connectivity index (χ3v) is 11.2. The number of fused-ring (bicyclic) bond motifs is 1. The molecular formula is C58H41N. The number of anilines is 3. The summed E-state index contributed by atoms with van der Waals surface area (Å²) in [6.07, 6.45) is 0. The maximum Gasteiger partial charge on any atom is 0.0462 e. The molecule has 0 radical (unpaired) electrons. The summed E-state index contributed by atoms with van der Waals surface area (Å²) in [6, 6.07) is 89.8. The lowest BCUT2D eigenvalue weighted by molar-refractivity contribution is 1.28. The summed E-state index contributed by atoms with van der Waals surface area (Å²) in [5.74, 6) is 0. The summed E-state index contributed by atoms with van der Waals surface area (Å²) in [7, 11) is 0. The highest BCUT2D eigenvalue weighted by molar-refractivity contribution is 6.01. The van der Waals surface area contributed by atoms with Crippen LogP contribution >= 0.6 is 0 Å². The minimum atomic E-state index is 1.09. The van der Waals surface area contributed by atoms with Crippen molar-refractivity contribution in [1.29, 1.82) is 0 Å². The maximum atomic E-state index is 2.36. The van der Waals surface area contributed by atoms with Crippen LogP contribution in [0.4, 0.5) is 17.1 Å². The first-order chi connectivity index (χ1) is 29.3. The van der Waals surface area contributed by atoms with Gasteiger partial charge in [-0.3, -0.25) is 0 Å². The molecule has 10 aromatic rings. The van der Waals surface area contributed by atoms with Crippen LogP contribution in [0.2, 0.25) is 0 Å². The second-order valence-corrected chi connectivity index (χ2v) is 14.9. The second kappa shape index (κ2) is 16.0. The Kier molecular flexibility index (Phi) is 9.68. The van der Waals surface area contributed by atoms with E-state index >= 15 is 0 Å². The van der Waals surface area contributed by atoms with Crippen LogP contribution < -0.4 is 4.90 Å². The van der Waals surface area contributed by atoms with Gasteiger partial charge in [-0.1, -0.05) is 188 Å². The zero-order valence-corrected chi connectivity index (χ0v) is 32.6. The molecule has 0 atom stereocenters. The topological polar surface area (TPSA) is 3.24 Å². The van der Waals surface area contributed by atoms with Crippen LogP contribution in [0.25, 0.3) is 77.5 Å². The van der Waals surface area contributed by atoms with Gasteiger partial charge in [0.05, 0.1) is 0 Å². The molecule has 0 saturated carbocycles. The number of hydrogen-bond acceptors (Lipinski definition) is 1. The van der Waals surface area contributed by atoms with E-state index in [1.165, 1.54) is 77.5 Å². The third kappa shape index (κ3) is 7.23. The van der Waals surface area contributed by atoms with Gasteiger partial charge >= 0.3 is 0 Å². The minimum absolute atomic E-state index is 1.09. The van der Waals surface area contributed by atoms with Gasteiger partial charge in [0.15, 0.2) is 0 Å². The fraction of sp³-hybridized carbons (Fsp3) is 0. The quantitative estimate of drug-likeness (QED) is 0.142. The molecule has 10 rings (SSSR count). The first kappa shape index (κ1) is 35.7. The Balaban J connectivity index is 1.08. The molecule has 0 aliphatic carbocycles. The van der Waals surface area contributed by atoms with E-state index in [1.54, 1.807) is 0 Å². The van der Waals surface area contributed by atoms with Gasteiger partial charge in [-0.25, -0.2) is 0 Å². The van der Waals surface area contributed by atoms with Crippen LogP contribution in [0.3, 0.4) is 0 Å². The molecular weight excluding hydrogens is 711 g/mol. The normalized spacial score (nSPS) is 11.1. The van der Waals surface area contributed by atoms with E-state index in [2.05, 4.69) is 254 Å². The Morgan fingerprint density at radius 3 is 1.08 bits per heavy atom. The number of rotatable bonds is 9. The van der Waals surface area contributed by atoms with Crippen molar-refractivity contribution in [1.82, 2.24) is 0 Å². The van der Waals surface area contributed by atoms with Crippen molar-refractivity contribution in [2.24, 2.45) is 0 Å². The van der Waals surface area contributed by atoms with Crippen molar-refractivity contribution in [3.05, 3.63) is 249 Å². The largest absolute Gasteiger partial charge is 0.311 e. The van der Waals surface area contributed by atoms with Gasteiger partial charge in [-0.2, -0.15) is 0 Å². The van der Waals surface area contributed by atoms with Crippen molar-refractivity contribution < 1.29 is 0 Å². The van der Waals surface area contributed by atoms with Gasteiger partial charge in [0.2, 0.25) is 0 Å². The van der Waals surface area contributed by atoms with Crippen LogP contribution in [-0.2, 0) is 0 Å². The summed E-state index contributed by atoms with van der Waals surface area (Å²) in [4.78, 5) is 2.35. The molecule has 0 unspecified atom stereocenters. The third-order valence-electron chi connectivity index (χ3n) is 11.2. The average molecular weight is 752 g/mol. The fourth-order valence-electron chi connectivity index (χ4n) is 8.38. The molecule has 0 bridgehead atoms. The number of hydrogen-bond donors (Lipinski definition) is 0. The predicted octanol–water partition coefficient (Wildman–Crippen LogP) is 16.3. The summed E-state index contributed by atoms with van der Waals surface area (Å²) in [5.41, 5.74) is 17.7. The number of para-hydroxylation sites is 1. The Morgan fingerprint density at radius 1 is 0.220 bits per heavy atom. The first-order valence-corrected chi connectivity index (χ1v) is 20.3. The highest BCUT2D eigenvalue weighted by Crippen LogP contribution is 2.45. The van der Waals surface area contributed by atoms with Gasteiger partial charge in [0, 0.05) is 17.1 Å². The molecule has 0 heterocycles. The molecule has 0 saturated heterocycles.